The van der Waals surface area contributed by atoms with Gasteiger partial charge in [0.05, 0.1) is 20.3 Å². The molecule has 0 radical (unpaired) electrons. The molecule has 0 saturated heterocycles. The molecule has 0 spiro atoms. The second kappa shape index (κ2) is 5.65. The molecule has 0 fully saturated rings. The normalized spacial score (nSPS) is 12.2. The van der Waals surface area contributed by atoms with E-state index in [4.69, 9.17) is 13.9 Å². The maximum Gasteiger partial charge on any atom is 0.534 e. The monoisotopic (exact) mass is 354 g/mol. The molecule has 7 nitrogen and oxygen atoms in total. The van der Waals surface area contributed by atoms with Crippen LogP contribution in [0.2, 0.25) is 0 Å². The second-order valence-corrected chi connectivity index (χ2v) is 5.65. The van der Waals surface area contributed by atoms with Crippen molar-refractivity contribution in [3.63, 3.8) is 0 Å². The van der Waals surface area contributed by atoms with Gasteiger partial charge in [0.15, 0.2) is 5.75 Å². The molecule has 0 saturated carbocycles. The van der Waals surface area contributed by atoms with E-state index in [1.807, 2.05) is 0 Å². The van der Waals surface area contributed by atoms with E-state index in [9.17, 15) is 26.4 Å². The Morgan fingerprint density at radius 3 is 2.22 bits per heavy atom. The summed E-state index contributed by atoms with van der Waals surface area (Å²) >= 11 is 0. The molecule has 2 aromatic rings. The van der Waals surface area contributed by atoms with E-state index < -0.39 is 27.0 Å². The van der Waals surface area contributed by atoms with Crippen LogP contribution >= 0.6 is 0 Å². The third-order valence-electron chi connectivity index (χ3n) is 2.68. The molecule has 1 aromatic carbocycles. The molecule has 0 atom stereocenters. The summed E-state index contributed by atoms with van der Waals surface area (Å²) in [6.45, 7) is 0. The van der Waals surface area contributed by atoms with Crippen molar-refractivity contribution in [2.24, 2.45) is 0 Å². The molecule has 1 aromatic heterocycles. The Bertz CT molecular complexity index is 899. The lowest BCUT2D eigenvalue weighted by Crippen LogP contribution is -2.28. The van der Waals surface area contributed by atoms with E-state index in [2.05, 4.69) is 4.18 Å². The van der Waals surface area contributed by atoms with Crippen LogP contribution in [-0.4, -0.2) is 28.1 Å². The van der Waals surface area contributed by atoms with Crippen LogP contribution in [0.1, 0.15) is 0 Å². The molecule has 23 heavy (non-hydrogen) atoms. The fourth-order valence-corrected chi connectivity index (χ4v) is 2.18. The van der Waals surface area contributed by atoms with E-state index in [-0.39, 0.29) is 22.5 Å². The fraction of sp³-hybridized carbons (Fsp3) is 0.250. The maximum atomic E-state index is 12.5. The highest BCUT2D eigenvalue weighted by Crippen LogP contribution is 2.38. The van der Waals surface area contributed by atoms with Crippen LogP contribution in [0.15, 0.2) is 27.4 Å². The van der Waals surface area contributed by atoms with Gasteiger partial charge in [0, 0.05) is 12.1 Å². The zero-order valence-electron chi connectivity index (χ0n) is 11.6. The summed E-state index contributed by atoms with van der Waals surface area (Å²) < 4.78 is 78.4. The number of benzene rings is 1. The number of hydrogen-bond acceptors (Lipinski definition) is 7. The van der Waals surface area contributed by atoms with Crippen LogP contribution in [0.5, 0.6) is 17.2 Å². The molecular weight excluding hydrogens is 345 g/mol. The van der Waals surface area contributed by atoms with Gasteiger partial charge in [0.25, 0.3) is 0 Å². The molecule has 0 amide bonds. The molecule has 0 unspecified atom stereocenters. The Labute approximate surface area is 127 Å². The standard InChI is InChI=1S/C12H9F3O7S/c1-19-6-3-7(20-2)11-8(4-6)21-10(16)5-9(11)22-23(17,18)12(13,14)15/h3-5H,1-2H3. The van der Waals surface area contributed by atoms with Gasteiger partial charge in [0.2, 0.25) is 0 Å². The predicted molar refractivity (Wildman–Crippen MR) is 71.2 cm³/mol. The molecule has 2 rings (SSSR count). The summed E-state index contributed by atoms with van der Waals surface area (Å²) in [7, 11) is -3.49. The first kappa shape index (κ1) is 16.9. The minimum Gasteiger partial charge on any atom is -0.496 e. The van der Waals surface area contributed by atoms with Gasteiger partial charge in [-0.2, -0.15) is 21.6 Å². The lowest BCUT2D eigenvalue weighted by Gasteiger charge is -2.13. The molecular formula is C12H9F3O7S. The first-order valence-electron chi connectivity index (χ1n) is 5.79. The number of methoxy groups -OCH3 is 2. The van der Waals surface area contributed by atoms with Crippen LogP contribution < -0.4 is 19.3 Å². The third-order valence-corrected chi connectivity index (χ3v) is 3.65. The quantitative estimate of drug-likeness (QED) is 0.471. The molecule has 126 valence electrons. The number of alkyl halides is 3. The summed E-state index contributed by atoms with van der Waals surface area (Å²) in [5, 5.41) is -0.263. The average Bonchev–Trinajstić information content (AvgIpc) is 2.43. The number of fused-ring (bicyclic) bond motifs is 1. The molecule has 11 heteroatoms. The molecule has 0 bridgehead atoms. The number of ether oxygens (including phenoxy) is 2. The van der Waals surface area contributed by atoms with Crippen LogP contribution in [0, 0.1) is 0 Å². The fourth-order valence-electron chi connectivity index (χ4n) is 1.72. The highest BCUT2D eigenvalue weighted by atomic mass is 32.2. The number of hydrogen-bond donors (Lipinski definition) is 0. The Morgan fingerprint density at radius 1 is 1.04 bits per heavy atom. The van der Waals surface area contributed by atoms with Crippen LogP contribution in [0.25, 0.3) is 11.0 Å². The van der Waals surface area contributed by atoms with Gasteiger partial charge in [-0.25, -0.2) is 4.79 Å². The van der Waals surface area contributed by atoms with E-state index in [1.165, 1.54) is 26.4 Å². The molecule has 0 aliphatic carbocycles. The largest absolute Gasteiger partial charge is 0.534 e. The predicted octanol–water partition coefficient (Wildman–Crippen LogP) is 2.04. The minimum absolute atomic E-state index is 0.101. The van der Waals surface area contributed by atoms with Gasteiger partial charge in [-0.05, 0) is 0 Å². The van der Waals surface area contributed by atoms with Crippen molar-refractivity contribution < 1.29 is 39.7 Å². The molecule has 0 N–H and O–H groups in total. The average molecular weight is 354 g/mol. The summed E-state index contributed by atoms with van der Waals surface area (Å²) in [6, 6.07) is 2.91. The lowest BCUT2D eigenvalue weighted by molar-refractivity contribution is -0.0499. The Morgan fingerprint density at radius 2 is 1.70 bits per heavy atom. The highest BCUT2D eigenvalue weighted by Gasteiger charge is 2.49. The van der Waals surface area contributed by atoms with Crippen molar-refractivity contribution in [2.45, 2.75) is 5.51 Å². The van der Waals surface area contributed by atoms with E-state index in [0.717, 1.165) is 0 Å². The van der Waals surface area contributed by atoms with Gasteiger partial charge in [-0.3, -0.25) is 0 Å². The highest BCUT2D eigenvalue weighted by molar-refractivity contribution is 7.88. The van der Waals surface area contributed by atoms with Gasteiger partial charge in [-0.1, -0.05) is 0 Å². The summed E-state index contributed by atoms with van der Waals surface area (Å²) in [5.74, 6) is -0.795. The summed E-state index contributed by atoms with van der Waals surface area (Å²) in [6.07, 6.45) is 0. The summed E-state index contributed by atoms with van der Waals surface area (Å²) in [4.78, 5) is 11.4. The van der Waals surface area contributed by atoms with Crippen LogP contribution in [0.3, 0.4) is 0 Å². The van der Waals surface area contributed by atoms with Crippen LogP contribution in [-0.2, 0) is 10.1 Å². The van der Waals surface area contributed by atoms with Crippen molar-refractivity contribution in [1.29, 1.82) is 0 Å². The lowest BCUT2D eigenvalue weighted by atomic mass is 10.2. The Kier molecular flexibility index (Phi) is 4.16. The smallest absolute Gasteiger partial charge is 0.496 e. The van der Waals surface area contributed by atoms with Gasteiger partial charge in [0.1, 0.15) is 22.5 Å². The van der Waals surface area contributed by atoms with Crippen molar-refractivity contribution in [1.82, 2.24) is 0 Å². The van der Waals surface area contributed by atoms with Crippen molar-refractivity contribution >= 4 is 21.1 Å². The topological polar surface area (TPSA) is 92.0 Å². The summed E-state index contributed by atoms with van der Waals surface area (Å²) in [5.41, 5.74) is -7.03. The Hall–Kier alpha value is -2.43. The molecule has 0 aliphatic heterocycles. The van der Waals surface area contributed by atoms with E-state index in [0.29, 0.717) is 6.07 Å². The number of rotatable bonds is 4. The van der Waals surface area contributed by atoms with Gasteiger partial charge in [-0.15, -0.1) is 0 Å². The van der Waals surface area contributed by atoms with Crippen molar-refractivity contribution in [3.05, 3.63) is 28.6 Å². The third kappa shape index (κ3) is 3.18. The minimum atomic E-state index is -5.97. The zero-order chi connectivity index (χ0) is 17.4. The second-order valence-electron chi connectivity index (χ2n) is 4.12. The molecule has 0 aliphatic rings. The van der Waals surface area contributed by atoms with Crippen LogP contribution in [0.4, 0.5) is 13.2 Å². The van der Waals surface area contributed by atoms with E-state index >= 15 is 0 Å². The first-order valence-corrected chi connectivity index (χ1v) is 7.20. The maximum absolute atomic E-state index is 12.5. The van der Waals surface area contributed by atoms with E-state index in [1.54, 1.807) is 0 Å². The van der Waals surface area contributed by atoms with Gasteiger partial charge >= 0.3 is 21.3 Å². The Balaban J connectivity index is 2.76. The number of halogens is 3. The SMILES string of the molecule is COc1cc(OC)c2c(OS(=O)(=O)C(F)(F)F)cc(=O)oc2c1. The zero-order valence-corrected chi connectivity index (χ0v) is 12.4. The van der Waals surface area contributed by atoms with Gasteiger partial charge < -0.3 is 18.1 Å². The van der Waals surface area contributed by atoms with Crippen molar-refractivity contribution in [2.75, 3.05) is 14.2 Å². The van der Waals surface area contributed by atoms with Crippen molar-refractivity contribution in [3.8, 4) is 17.2 Å². The molecule has 1 heterocycles. The first-order chi connectivity index (χ1) is 10.6.